The van der Waals surface area contributed by atoms with E-state index in [1.807, 2.05) is 0 Å². The summed E-state index contributed by atoms with van der Waals surface area (Å²) in [7, 11) is 1.14. The van der Waals surface area contributed by atoms with E-state index in [4.69, 9.17) is 9.84 Å². The van der Waals surface area contributed by atoms with Crippen LogP contribution in [0.3, 0.4) is 0 Å². The highest BCUT2D eigenvalue weighted by Crippen LogP contribution is 2.09. The average Bonchev–Trinajstić information content (AvgIpc) is 1.99. The standard InChI is InChI=1S/C9H16O5/c1-9(2,3)14-7(11)5-6(10)8(12)13-4/h6,10H,5H2,1-4H3/t6-/m1/s1. The molecule has 0 spiro atoms. The molecule has 0 fully saturated rings. The van der Waals surface area contributed by atoms with Gasteiger partial charge in [0, 0.05) is 0 Å². The zero-order valence-corrected chi connectivity index (χ0v) is 8.86. The number of aliphatic hydroxyl groups is 1. The van der Waals surface area contributed by atoms with Crippen molar-refractivity contribution in [3.63, 3.8) is 0 Å². The lowest BCUT2D eigenvalue weighted by atomic mass is 10.2. The van der Waals surface area contributed by atoms with Crippen molar-refractivity contribution in [2.45, 2.75) is 38.9 Å². The molecule has 5 heteroatoms. The lowest BCUT2D eigenvalue weighted by Crippen LogP contribution is -2.30. The van der Waals surface area contributed by atoms with E-state index < -0.39 is 23.6 Å². The third-order valence-electron chi connectivity index (χ3n) is 1.25. The summed E-state index contributed by atoms with van der Waals surface area (Å²) in [6.07, 6.45) is -1.83. The van der Waals surface area contributed by atoms with Crippen molar-refractivity contribution in [2.24, 2.45) is 0 Å². The van der Waals surface area contributed by atoms with Gasteiger partial charge in [0.2, 0.25) is 0 Å². The van der Waals surface area contributed by atoms with Gasteiger partial charge in [-0.15, -0.1) is 0 Å². The molecular formula is C9H16O5. The number of hydrogen-bond donors (Lipinski definition) is 1. The Hall–Kier alpha value is -1.10. The molecule has 0 aromatic carbocycles. The molecule has 1 N–H and O–H groups in total. The van der Waals surface area contributed by atoms with Crippen LogP contribution in [0.15, 0.2) is 0 Å². The van der Waals surface area contributed by atoms with Crippen molar-refractivity contribution in [2.75, 3.05) is 7.11 Å². The molecule has 0 aliphatic carbocycles. The largest absolute Gasteiger partial charge is 0.467 e. The molecule has 82 valence electrons. The average molecular weight is 204 g/mol. The van der Waals surface area contributed by atoms with Gasteiger partial charge in [-0.25, -0.2) is 4.79 Å². The Morgan fingerprint density at radius 2 is 1.86 bits per heavy atom. The number of esters is 2. The summed E-state index contributed by atoms with van der Waals surface area (Å²) in [5.74, 6) is -1.47. The van der Waals surface area contributed by atoms with Crippen LogP contribution in [0.1, 0.15) is 27.2 Å². The maximum Gasteiger partial charge on any atom is 0.335 e. The van der Waals surface area contributed by atoms with Crippen LogP contribution in [0.2, 0.25) is 0 Å². The first-order valence-electron chi connectivity index (χ1n) is 4.24. The molecule has 0 bridgehead atoms. The van der Waals surface area contributed by atoms with Crippen LogP contribution in [-0.2, 0) is 19.1 Å². The monoisotopic (exact) mass is 204 g/mol. The van der Waals surface area contributed by atoms with Gasteiger partial charge in [-0.3, -0.25) is 4.79 Å². The number of carbonyl (C=O) groups excluding carboxylic acids is 2. The highest BCUT2D eigenvalue weighted by atomic mass is 16.6. The Balaban J connectivity index is 4.01. The second kappa shape index (κ2) is 4.95. The SMILES string of the molecule is COC(=O)[C@H](O)CC(=O)OC(C)(C)C. The molecule has 0 heterocycles. The molecule has 0 aromatic heterocycles. The minimum absolute atomic E-state index is 0.385. The summed E-state index contributed by atoms with van der Waals surface area (Å²) < 4.78 is 9.14. The molecule has 5 nitrogen and oxygen atoms in total. The molecular weight excluding hydrogens is 188 g/mol. The van der Waals surface area contributed by atoms with Gasteiger partial charge in [0.1, 0.15) is 5.60 Å². The quantitative estimate of drug-likeness (QED) is 0.667. The second-order valence-corrected chi connectivity index (χ2v) is 3.83. The summed E-state index contributed by atoms with van der Waals surface area (Å²) in [5.41, 5.74) is -0.618. The Kier molecular flexibility index (Phi) is 4.56. The van der Waals surface area contributed by atoms with E-state index in [1.54, 1.807) is 20.8 Å². The smallest absolute Gasteiger partial charge is 0.335 e. The van der Waals surface area contributed by atoms with Gasteiger partial charge in [-0.05, 0) is 20.8 Å². The minimum atomic E-state index is -1.45. The van der Waals surface area contributed by atoms with E-state index in [9.17, 15) is 9.59 Å². The third-order valence-corrected chi connectivity index (χ3v) is 1.25. The molecule has 0 amide bonds. The fourth-order valence-corrected chi connectivity index (χ4v) is 0.760. The Bertz CT molecular complexity index is 216. The fraction of sp³-hybridized carbons (Fsp3) is 0.778. The topological polar surface area (TPSA) is 72.8 Å². The van der Waals surface area contributed by atoms with Gasteiger partial charge in [-0.1, -0.05) is 0 Å². The number of rotatable bonds is 3. The molecule has 0 aliphatic heterocycles. The van der Waals surface area contributed by atoms with Crippen molar-refractivity contribution in [1.29, 1.82) is 0 Å². The van der Waals surface area contributed by atoms with Gasteiger partial charge in [0.15, 0.2) is 6.10 Å². The van der Waals surface area contributed by atoms with E-state index in [1.165, 1.54) is 0 Å². The van der Waals surface area contributed by atoms with E-state index in [0.29, 0.717) is 0 Å². The fourth-order valence-electron chi connectivity index (χ4n) is 0.760. The van der Waals surface area contributed by atoms with E-state index >= 15 is 0 Å². The zero-order valence-electron chi connectivity index (χ0n) is 8.86. The van der Waals surface area contributed by atoms with Crippen LogP contribution in [0, 0.1) is 0 Å². The van der Waals surface area contributed by atoms with Gasteiger partial charge < -0.3 is 14.6 Å². The van der Waals surface area contributed by atoms with Gasteiger partial charge in [0.25, 0.3) is 0 Å². The molecule has 1 atom stereocenters. The van der Waals surface area contributed by atoms with Crippen LogP contribution in [0.4, 0.5) is 0 Å². The van der Waals surface area contributed by atoms with Crippen LogP contribution >= 0.6 is 0 Å². The first-order chi connectivity index (χ1) is 6.26. The maximum absolute atomic E-state index is 11.1. The minimum Gasteiger partial charge on any atom is -0.467 e. The van der Waals surface area contributed by atoms with Crippen LogP contribution in [0.25, 0.3) is 0 Å². The maximum atomic E-state index is 11.1. The number of aliphatic hydroxyl groups excluding tert-OH is 1. The summed E-state index contributed by atoms with van der Waals surface area (Å²) in [4.78, 5) is 21.8. The molecule has 0 aliphatic rings. The summed E-state index contributed by atoms with van der Waals surface area (Å²) >= 11 is 0. The third kappa shape index (κ3) is 5.53. The van der Waals surface area contributed by atoms with Crippen LogP contribution in [-0.4, -0.2) is 35.9 Å². The summed E-state index contributed by atoms with van der Waals surface area (Å²) in [6.45, 7) is 5.11. The normalized spacial score (nSPS) is 13.2. The first-order valence-corrected chi connectivity index (χ1v) is 4.24. The van der Waals surface area contributed by atoms with Gasteiger partial charge in [-0.2, -0.15) is 0 Å². The molecule has 0 rings (SSSR count). The predicted octanol–water partition coefficient (Wildman–Crippen LogP) is 0.252. The van der Waals surface area contributed by atoms with Crippen LogP contribution in [0.5, 0.6) is 0 Å². The molecule has 0 aromatic rings. The zero-order chi connectivity index (χ0) is 11.4. The summed E-state index contributed by atoms with van der Waals surface area (Å²) in [5, 5.41) is 9.11. The van der Waals surface area contributed by atoms with E-state index in [-0.39, 0.29) is 6.42 Å². The molecule has 0 radical (unpaired) electrons. The van der Waals surface area contributed by atoms with E-state index in [2.05, 4.69) is 4.74 Å². The molecule has 0 saturated carbocycles. The first kappa shape index (κ1) is 12.9. The highest BCUT2D eigenvalue weighted by molar-refractivity contribution is 5.81. The Morgan fingerprint density at radius 3 is 2.21 bits per heavy atom. The Morgan fingerprint density at radius 1 is 1.36 bits per heavy atom. The van der Waals surface area contributed by atoms with Gasteiger partial charge in [0.05, 0.1) is 13.5 Å². The Labute approximate surface area is 83.0 Å². The van der Waals surface area contributed by atoms with Crippen molar-refractivity contribution >= 4 is 11.9 Å². The lowest BCUT2D eigenvalue weighted by Gasteiger charge is -2.20. The number of ether oxygens (including phenoxy) is 2. The van der Waals surface area contributed by atoms with Crippen molar-refractivity contribution in [3.05, 3.63) is 0 Å². The van der Waals surface area contributed by atoms with Gasteiger partial charge >= 0.3 is 11.9 Å². The second-order valence-electron chi connectivity index (χ2n) is 3.83. The van der Waals surface area contributed by atoms with E-state index in [0.717, 1.165) is 7.11 Å². The number of hydrogen-bond acceptors (Lipinski definition) is 5. The number of methoxy groups -OCH3 is 1. The molecule has 14 heavy (non-hydrogen) atoms. The van der Waals surface area contributed by atoms with Crippen molar-refractivity contribution < 1.29 is 24.2 Å². The lowest BCUT2D eigenvalue weighted by molar-refractivity contribution is -0.164. The van der Waals surface area contributed by atoms with Crippen molar-refractivity contribution in [1.82, 2.24) is 0 Å². The summed E-state index contributed by atoms with van der Waals surface area (Å²) in [6, 6.07) is 0. The predicted molar refractivity (Wildman–Crippen MR) is 48.5 cm³/mol. The van der Waals surface area contributed by atoms with Crippen molar-refractivity contribution in [3.8, 4) is 0 Å². The number of carbonyl (C=O) groups is 2. The highest BCUT2D eigenvalue weighted by Gasteiger charge is 2.23. The van der Waals surface area contributed by atoms with Crippen LogP contribution < -0.4 is 0 Å². The molecule has 0 unspecified atom stereocenters. The molecule has 0 saturated heterocycles.